The molecule has 0 bridgehead atoms. The number of morpholine rings is 1. The van der Waals surface area contributed by atoms with Crippen LogP contribution in [0.5, 0.6) is 5.88 Å². The summed E-state index contributed by atoms with van der Waals surface area (Å²) in [6.45, 7) is 7.94. The molecule has 0 unspecified atom stereocenters. The van der Waals surface area contributed by atoms with Gasteiger partial charge in [0.15, 0.2) is 0 Å². The predicted octanol–water partition coefficient (Wildman–Crippen LogP) is 2.70. The van der Waals surface area contributed by atoms with E-state index in [9.17, 15) is 4.79 Å². The van der Waals surface area contributed by atoms with Crippen molar-refractivity contribution < 1.29 is 14.3 Å². The van der Waals surface area contributed by atoms with Crippen molar-refractivity contribution >= 4 is 6.03 Å². The Balaban J connectivity index is 1.44. The van der Waals surface area contributed by atoms with Crippen LogP contribution in [0.15, 0.2) is 42.6 Å². The maximum absolute atomic E-state index is 12.2. The Morgan fingerprint density at radius 3 is 2.59 bits per heavy atom. The van der Waals surface area contributed by atoms with Gasteiger partial charge in [-0.25, -0.2) is 9.78 Å². The topological polar surface area (TPSA) is 75.7 Å². The molecule has 0 radical (unpaired) electrons. The molecule has 0 saturated carbocycles. The number of nitrogens with zero attached hydrogens (tertiary/aromatic N) is 2. The van der Waals surface area contributed by atoms with Gasteiger partial charge in [-0.15, -0.1) is 0 Å². The molecular weight excluding hydrogens is 368 g/mol. The first-order chi connectivity index (χ1) is 14.2. The van der Waals surface area contributed by atoms with E-state index in [0.717, 1.165) is 50.4 Å². The molecule has 29 heavy (non-hydrogen) atoms. The van der Waals surface area contributed by atoms with Crippen molar-refractivity contribution in [2.75, 3.05) is 32.9 Å². The number of benzene rings is 1. The molecule has 0 spiro atoms. The zero-order valence-electron chi connectivity index (χ0n) is 17.0. The summed E-state index contributed by atoms with van der Waals surface area (Å²) in [5.41, 5.74) is 3.30. The van der Waals surface area contributed by atoms with Gasteiger partial charge in [-0.3, -0.25) is 4.90 Å². The molecule has 3 rings (SSSR count). The Hall–Kier alpha value is -2.64. The van der Waals surface area contributed by atoms with Gasteiger partial charge in [-0.2, -0.15) is 0 Å². The number of carbonyl (C=O) groups is 1. The van der Waals surface area contributed by atoms with Crippen molar-refractivity contribution in [2.45, 2.75) is 33.0 Å². The monoisotopic (exact) mass is 398 g/mol. The standard InChI is InChI=1S/C22H30N4O3/c1-2-11-29-21-8-7-18(14-23-21)15-24-22(27)25-16-19-5-3-4-6-20(19)17-26-9-12-28-13-10-26/h3-8,14H,2,9-13,15-17H2,1H3,(H2,24,25,27). The van der Waals surface area contributed by atoms with E-state index in [2.05, 4.69) is 39.6 Å². The summed E-state index contributed by atoms with van der Waals surface area (Å²) in [5.74, 6) is 0.608. The van der Waals surface area contributed by atoms with Crippen molar-refractivity contribution in [3.05, 3.63) is 59.3 Å². The maximum atomic E-state index is 12.2. The van der Waals surface area contributed by atoms with E-state index in [1.165, 1.54) is 5.56 Å². The number of aromatic nitrogens is 1. The van der Waals surface area contributed by atoms with E-state index in [0.29, 0.717) is 25.6 Å². The van der Waals surface area contributed by atoms with Crippen LogP contribution in [0.3, 0.4) is 0 Å². The van der Waals surface area contributed by atoms with E-state index in [1.54, 1.807) is 6.20 Å². The molecule has 1 fully saturated rings. The van der Waals surface area contributed by atoms with Gasteiger partial charge in [0, 0.05) is 45.0 Å². The number of hydrogen-bond donors (Lipinski definition) is 2. The minimum Gasteiger partial charge on any atom is -0.478 e. The molecule has 1 aromatic carbocycles. The van der Waals surface area contributed by atoms with Gasteiger partial charge in [0.1, 0.15) is 0 Å². The van der Waals surface area contributed by atoms with Gasteiger partial charge in [0.25, 0.3) is 0 Å². The number of ether oxygens (including phenoxy) is 2. The number of urea groups is 1. The summed E-state index contributed by atoms with van der Waals surface area (Å²) >= 11 is 0. The van der Waals surface area contributed by atoms with Crippen molar-refractivity contribution in [3.8, 4) is 5.88 Å². The third-order valence-electron chi connectivity index (χ3n) is 4.76. The van der Waals surface area contributed by atoms with Crippen LogP contribution in [-0.4, -0.2) is 48.8 Å². The van der Waals surface area contributed by atoms with E-state index in [-0.39, 0.29) is 6.03 Å². The van der Waals surface area contributed by atoms with E-state index in [4.69, 9.17) is 9.47 Å². The fourth-order valence-electron chi connectivity index (χ4n) is 3.11. The van der Waals surface area contributed by atoms with Crippen LogP contribution in [0.25, 0.3) is 0 Å². The molecular formula is C22H30N4O3. The zero-order chi connectivity index (χ0) is 20.3. The second-order valence-electron chi connectivity index (χ2n) is 7.05. The molecule has 2 N–H and O–H groups in total. The molecule has 2 heterocycles. The third kappa shape index (κ3) is 7.03. The predicted molar refractivity (Wildman–Crippen MR) is 112 cm³/mol. The van der Waals surface area contributed by atoms with Gasteiger partial charge < -0.3 is 20.1 Å². The summed E-state index contributed by atoms with van der Waals surface area (Å²) in [6.07, 6.45) is 2.67. The summed E-state index contributed by atoms with van der Waals surface area (Å²) in [7, 11) is 0. The molecule has 0 atom stereocenters. The Labute approximate surface area is 172 Å². The number of carbonyl (C=O) groups excluding carboxylic acids is 1. The second kappa shape index (κ2) is 11.4. The third-order valence-corrected chi connectivity index (χ3v) is 4.76. The number of pyridine rings is 1. The first-order valence-corrected chi connectivity index (χ1v) is 10.2. The number of hydrogen-bond acceptors (Lipinski definition) is 5. The SMILES string of the molecule is CCCOc1ccc(CNC(=O)NCc2ccccc2CN2CCOCC2)cn1. The van der Waals surface area contributed by atoms with Gasteiger partial charge in [0.2, 0.25) is 5.88 Å². The van der Waals surface area contributed by atoms with Crippen molar-refractivity contribution in [1.29, 1.82) is 0 Å². The maximum Gasteiger partial charge on any atom is 0.315 e. The average Bonchev–Trinajstić information content (AvgIpc) is 2.77. The lowest BCUT2D eigenvalue weighted by Gasteiger charge is -2.27. The number of rotatable bonds is 9. The molecule has 1 aromatic heterocycles. The van der Waals surface area contributed by atoms with E-state index in [1.807, 2.05) is 24.3 Å². The van der Waals surface area contributed by atoms with Gasteiger partial charge >= 0.3 is 6.03 Å². The first-order valence-electron chi connectivity index (χ1n) is 10.2. The molecule has 2 aromatic rings. The fraction of sp³-hybridized carbons (Fsp3) is 0.455. The van der Waals surface area contributed by atoms with Crippen molar-refractivity contribution in [1.82, 2.24) is 20.5 Å². The normalized spacial score (nSPS) is 14.4. The highest BCUT2D eigenvalue weighted by atomic mass is 16.5. The highest BCUT2D eigenvalue weighted by molar-refractivity contribution is 5.73. The van der Waals surface area contributed by atoms with Crippen LogP contribution in [0.1, 0.15) is 30.0 Å². The lowest BCUT2D eigenvalue weighted by molar-refractivity contribution is 0.0341. The Morgan fingerprint density at radius 2 is 1.86 bits per heavy atom. The Kier molecular flexibility index (Phi) is 8.27. The summed E-state index contributed by atoms with van der Waals surface area (Å²) in [6, 6.07) is 11.8. The van der Waals surface area contributed by atoms with Crippen LogP contribution < -0.4 is 15.4 Å². The Morgan fingerprint density at radius 1 is 1.10 bits per heavy atom. The lowest BCUT2D eigenvalue weighted by Crippen LogP contribution is -2.37. The fourth-order valence-corrected chi connectivity index (χ4v) is 3.11. The lowest BCUT2D eigenvalue weighted by atomic mass is 10.1. The first kappa shape index (κ1) is 21.1. The largest absolute Gasteiger partial charge is 0.478 e. The van der Waals surface area contributed by atoms with Crippen LogP contribution in [0.2, 0.25) is 0 Å². The molecule has 1 aliphatic heterocycles. The number of nitrogens with one attached hydrogen (secondary N) is 2. The quantitative estimate of drug-likeness (QED) is 0.679. The molecule has 156 valence electrons. The van der Waals surface area contributed by atoms with Gasteiger partial charge in [-0.1, -0.05) is 37.3 Å². The summed E-state index contributed by atoms with van der Waals surface area (Å²) in [4.78, 5) is 18.8. The zero-order valence-corrected chi connectivity index (χ0v) is 17.0. The van der Waals surface area contributed by atoms with Crippen molar-refractivity contribution in [2.24, 2.45) is 0 Å². The van der Waals surface area contributed by atoms with Crippen LogP contribution in [0.4, 0.5) is 4.79 Å². The molecule has 7 nitrogen and oxygen atoms in total. The van der Waals surface area contributed by atoms with Gasteiger partial charge in [-0.05, 0) is 23.1 Å². The smallest absolute Gasteiger partial charge is 0.315 e. The molecule has 1 aliphatic rings. The van der Waals surface area contributed by atoms with Crippen LogP contribution in [-0.2, 0) is 24.4 Å². The van der Waals surface area contributed by atoms with Crippen LogP contribution >= 0.6 is 0 Å². The highest BCUT2D eigenvalue weighted by Gasteiger charge is 2.13. The molecule has 1 saturated heterocycles. The summed E-state index contributed by atoms with van der Waals surface area (Å²) < 4.78 is 10.9. The van der Waals surface area contributed by atoms with Gasteiger partial charge in [0.05, 0.1) is 19.8 Å². The molecule has 7 heteroatoms. The van der Waals surface area contributed by atoms with Crippen LogP contribution in [0, 0.1) is 0 Å². The number of amides is 2. The molecule has 2 amide bonds. The minimum absolute atomic E-state index is 0.197. The summed E-state index contributed by atoms with van der Waals surface area (Å²) in [5, 5.41) is 5.82. The highest BCUT2D eigenvalue weighted by Crippen LogP contribution is 2.13. The second-order valence-corrected chi connectivity index (χ2v) is 7.05. The van der Waals surface area contributed by atoms with E-state index < -0.39 is 0 Å². The Bertz CT molecular complexity index is 761. The average molecular weight is 399 g/mol. The van der Waals surface area contributed by atoms with Crippen molar-refractivity contribution in [3.63, 3.8) is 0 Å². The minimum atomic E-state index is -0.197. The molecule has 0 aliphatic carbocycles. The van der Waals surface area contributed by atoms with E-state index >= 15 is 0 Å².